The van der Waals surface area contributed by atoms with Crippen molar-refractivity contribution in [2.45, 2.75) is 0 Å². The number of aromatic nitrogens is 2. The zero-order valence-corrected chi connectivity index (χ0v) is 23.0. The van der Waals surface area contributed by atoms with Gasteiger partial charge in [-0.25, -0.2) is 10.2 Å². The number of hydrogen-bond donors (Lipinski definition) is 5. The number of ether oxygens (including phenoxy) is 2. The van der Waals surface area contributed by atoms with E-state index in [-0.39, 0.29) is 11.3 Å². The number of urea groups is 1. The molecule has 0 saturated carbocycles. The van der Waals surface area contributed by atoms with Gasteiger partial charge in [-0.15, -0.1) is 0 Å². The third-order valence-electron chi connectivity index (χ3n) is 7.32. The number of nitrogens with one attached hydrogen (secondary N) is 5. The van der Waals surface area contributed by atoms with Gasteiger partial charge < -0.3 is 25.0 Å². The second kappa shape index (κ2) is 11.3. The smallest absolute Gasteiger partial charge is 0.337 e. The van der Waals surface area contributed by atoms with E-state index < -0.39 is 11.9 Å². The van der Waals surface area contributed by atoms with Crippen LogP contribution >= 0.6 is 0 Å². The molecule has 5 N–H and O–H groups in total. The van der Waals surface area contributed by atoms with Crippen LogP contribution < -0.4 is 35.9 Å². The highest BCUT2D eigenvalue weighted by molar-refractivity contribution is 6.27. The van der Waals surface area contributed by atoms with Crippen LogP contribution in [-0.4, -0.2) is 68.3 Å². The summed E-state index contributed by atoms with van der Waals surface area (Å²) in [4.78, 5) is 41.6. The van der Waals surface area contributed by atoms with Gasteiger partial charge in [0.25, 0.3) is 5.91 Å². The lowest BCUT2D eigenvalue weighted by molar-refractivity contribution is 0.0936. The molecule has 4 aromatic rings. The molecule has 2 heterocycles. The average Bonchev–Trinajstić information content (AvgIpc) is 3.59. The maximum atomic E-state index is 13.9. The van der Waals surface area contributed by atoms with Crippen molar-refractivity contribution in [2.24, 2.45) is 0 Å². The van der Waals surface area contributed by atoms with Gasteiger partial charge in [0.1, 0.15) is 17.2 Å². The lowest BCUT2D eigenvalue weighted by Crippen LogP contribution is -2.44. The quantitative estimate of drug-likeness (QED) is 0.197. The molecule has 2 aliphatic rings. The van der Waals surface area contributed by atoms with Gasteiger partial charge >= 0.3 is 6.03 Å². The molecular formula is C30H29N7O5. The number of benzene rings is 3. The van der Waals surface area contributed by atoms with Gasteiger partial charge in [-0.05, 0) is 24.3 Å². The molecule has 3 aromatic carbocycles. The Kier molecular flexibility index (Phi) is 7.19. The highest BCUT2D eigenvalue weighted by Gasteiger charge is 2.36. The Balaban J connectivity index is 1.21. The number of nitrogens with zero attached hydrogens (tertiary/aromatic N) is 2. The van der Waals surface area contributed by atoms with Crippen LogP contribution in [0.3, 0.4) is 0 Å². The number of para-hydroxylation sites is 1. The molecule has 0 atom stereocenters. The van der Waals surface area contributed by atoms with Crippen molar-refractivity contribution >= 4 is 29.1 Å². The topological polar surface area (TPSA) is 150 Å². The minimum Gasteiger partial charge on any atom is -0.497 e. The largest absolute Gasteiger partial charge is 0.497 e. The predicted octanol–water partition coefficient (Wildman–Crippen LogP) is 3.18. The molecule has 1 aromatic heterocycles. The summed E-state index contributed by atoms with van der Waals surface area (Å²) < 4.78 is 10.4. The summed E-state index contributed by atoms with van der Waals surface area (Å²) in [5.41, 5.74) is 9.71. The van der Waals surface area contributed by atoms with Gasteiger partial charge in [0, 0.05) is 54.6 Å². The molecule has 0 radical (unpaired) electrons. The third-order valence-corrected chi connectivity index (χ3v) is 7.32. The van der Waals surface area contributed by atoms with Crippen LogP contribution in [0.2, 0.25) is 0 Å². The van der Waals surface area contributed by atoms with Crippen LogP contribution in [-0.2, 0) is 0 Å². The first-order valence-corrected chi connectivity index (χ1v) is 13.4. The minimum atomic E-state index is -0.725. The van der Waals surface area contributed by atoms with Crippen molar-refractivity contribution in [3.8, 4) is 34.0 Å². The van der Waals surface area contributed by atoms with Crippen LogP contribution in [0.25, 0.3) is 22.5 Å². The van der Waals surface area contributed by atoms with Gasteiger partial charge in [0.05, 0.1) is 36.7 Å². The van der Waals surface area contributed by atoms with Crippen LogP contribution in [0, 0.1) is 0 Å². The summed E-state index contributed by atoms with van der Waals surface area (Å²) in [6.07, 6.45) is 0. The lowest BCUT2D eigenvalue weighted by Gasteiger charge is -2.31. The SMILES string of the molecule is COc1cc(OC)cc(C(=O)NNC(=O)Nc2cccc3c2C(=O)c2c(-c4ccccc4N4CCNCC4)n[nH]c2-3)c1. The molecule has 12 nitrogen and oxygen atoms in total. The number of carbonyl (C=O) groups excluding carboxylic acids is 3. The second-order valence-corrected chi connectivity index (χ2v) is 9.77. The first kappa shape index (κ1) is 26.8. The third kappa shape index (κ3) is 4.88. The summed E-state index contributed by atoms with van der Waals surface area (Å²) in [5, 5.41) is 13.7. The van der Waals surface area contributed by atoms with Crippen molar-refractivity contribution in [1.82, 2.24) is 26.4 Å². The number of hydrazine groups is 1. The maximum absolute atomic E-state index is 13.9. The number of methoxy groups -OCH3 is 2. The van der Waals surface area contributed by atoms with Gasteiger partial charge in [-0.1, -0.05) is 30.3 Å². The van der Waals surface area contributed by atoms with Crippen molar-refractivity contribution in [2.75, 3.05) is 50.6 Å². The molecule has 1 aliphatic carbocycles. The van der Waals surface area contributed by atoms with Crippen molar-refractivity contribution < 1.29 is 23.9 Å². The molecule has 0 bridgehead atoms. The van der Waals surface area contributed by atoms with E-state index in [0.29, 0.717) is 45.3 Å². The number of anilines is 2. The van der Waals surface area contributed by atoms with E-state index in [0.717, 1.165) is 37.4 Å². The zero-order valence-electron chi connectivity index (χ0n) is 23.0. The number of ketones is 1. The second-order valence-electron chi connectivity index (χ2n) is 9.77. The van der Waals surface area contributed by atoms with E-state index in [1.54, 1.807) is 18.2 Å². The Morgan fingerprint density at radius 2 is 1.60 bits per heavy atom. The monoisotopic (exact) mass is 567 g/mol. The maximum Gasteiger partial charge on any atom is 0.337 e. The van der Waals surface area contributed by atoms with Gasteiger partial charge in [0.15, 0.2) is 5.78 Å². The Labute approximate surface area is 241 Å². The van der Waals surface area contributed by atoms with Gasteiger partial charge in [-0.3, -0.25) is 20.1 Å². The first-order valence-electron chi connectivity index (χ1n) is 13.4. The molecule has 12 heteroatoms. The molecule has 1 aliphatic heterocycles. The van der Waals surface area contributed by atoms with Crippen LogP contribution in [0.1, 0.15) is 26.3 Å². The van der Waals surface area contributed by atoms with Gasteiger partial charge in [-0.2, -0.15) is 5.10 Å². The molecule has 0 spiro atoms. The fourth-order valence-electron chi connectivity index (χ4n) is 5.32. The number of rotatable bonds is 6. The number of hydrogen-bond acceptors (Lipinski definition) is 8. The first-order chi connectivity index (χ1) is 20.5. The number of aromatic amines is 1. The summed E-state index contributed by atoms with van der Waals surface area (Å²) >= 11 is 0. The average molecular weight is 568 g/mol. The predicted molar refractivity (Wildman–Crippen MR) is 157 cm³/mol. The Morgan fingerprint density at radius 1 is 0.881 bits per heavy atom. The van der Waals surface area contributed by atoms with E-state index in [9.17, 15) is 14.4 Å². The van der Waals surface area contributed by atoms with Crippen LogP contribution in [0.4, 0.5) is 16.2 Å². The normalized spacial score (nSPS) is 13.7. The molecule has 1 saturated heterocycles. The van der Waals surface area contributed by atoms with Crippen LogP contribution in [0.15, 0.2) is 60.7 Å². The van der Waals surface area contributed by atoms with E-state index in [4.69, 9.17) is 9.47 Å². The Bertz CT molecular complexity index is 1670. The van der Waals surface area contributed by atoms with Crippen molar-refractivity contribution in [3.63, 3.8) is 0 Å². The highest BCUT2D eigenvalue weighted by Crippen LogP contribution is 2.44. The molecule has 0 unspecified atom stereocenters. The number of H-pyrrole nitrogens is 1. The minimum absolute atomic E-state index is 0.224. The molecule has 214 valence electrons. The lowest BCUT2D eigenvalue weighted by atomic mass is 10.0. The molecule has 42 heavy (non-hydrogen) atoms. The summed E-state index contributed by atoms with van der Waals surface area (Å²) in [6, 6.07) is 17.0. The fourth-order valence-corrected chi connectivity index (χ4v) is 5.32. The molecular weight excluding hydrogens is 538 g/mol. The summed E-state index contributed by atoms with van der Waals surface area (Å²) in [6.45, 7) is 3.46. The van der Waals surface area contributed by atoms with Crippen LogP contribution in [0.5, 0.6) is 11.5 Å². The number of amides is 3. The summed E-state index contributed by atoms with van der Waals surface area (Å²) in [7, 11) is 2.95. The fraction of sp³-hybridized carbons (Fsp3) is 0.200. The standard InChI is InChI=1S/C30H29N7O5/c1-41-18-14-17(15-19(16-18)42-2)29(39)35-36-30(40)32-22-8-5-7-21-24(22)28(38)25-26(33-34-27(21)25)20-6-3-4-9-23(20)37-12-10-31-11-13-37/h3-9,14-16,31H,10-13H2,1-2H3,(H,33,34)(H,35,39)(H2,32,36,40). The Morgan fingerprint density at radius 3 is 2.33 bits per heavy atom. The number of carbonyl (C=O) groups is 3. The zero-order chi connectivity index (χ0) is 29.2. The molecule has 3 amide bonds. The molecule has 1 fully saturated rings. The Hall–Kier alpha value is -5.36. The summed E-state index contributed by atoms with van der Waals surface area (Å²) in [5.74, 6) is 0.0257. The number of fused-ring (bicyclic) bond motifs is 3. The van der Waals surface area contributed by atoms with Crippen molar-refractivity contribution in [1.29, 1.82) is 0 Å². The molecule has 6 rings (SSSR count). The highest BCUT2D eigenvalue weighted by atomic mass is 16.5. The van der Waals surface area contributed by atoms with Crippen molar-refractivity contribution in [3.05, 3.63) is 77.4 Å². The number of piperazine rings is 1. The van der Waals surface area contributed by atoms with E-state index in [2.05, 4.69) is 36.6 Å². The van der Waals surface area contributed by atoms with E-state index >= 15 is 0 Å². The van der Waals surface area contributed by atoms with E-state index in [1.165, 1.54) is 26.4 Å². The van der Waals surface area contributed by atoms with Gasteiger partial charge in [0.2, 0.25) is 0 Å². The van der Waals surface area contributed by atoms with E-state index in [1.807, 2.05) is 30.3 Å².